The SMILES string of the molecule is CC(Nc1ncc(Cl)cc1F)C(=O)O. The van der Waals surface area contributed by atoms with Gasteiger partial charge in [-0.3, -0.25) is 4.79 Å². The summed E-state index contributed by atoms with van der Waals surface area (Å²) < 4.78 is 13.1. The molecule has 1 heterocycles. The van der Waals surface area contributed by atoms with Crippen molar-refractivity contribution in [2.75, 3.05) is 5.32 Å². The first-order valence-corrected chi connectivity index (χ1v) is 4.19. The van der Waals surface area contributed by atoms with Crippen molar-refractivity contribution in [1.29, 1.82) is 0 Å². The van der Waals surface area contributed by atoms with Gasteiger partial charge in [0.05, 0.1) is 5.02 Å². The van der Waals surface area contributed by atoms with Crippen LogP contribution in [0.3, 0.4) is 0 Å². The molecule has 0 fully saturated rings. The zero-order valence-corrected chi connectivity index (χ0v) is 8.05. The van der Waals surface area contributed by atoms with E-state index in [1.54, 1.807) is 0 Å². The van der Waals surface area contributed by atoms with E-state index in [1.807, 2.05) is 0 Å². The second-order valence-electron chi connectivity index (χ2n) is 2.69. The van der Waals surface area contributed by atoms with Crippen LogP contribution in [0.25, 0.3) is 0 Å². The molecule has 4 nitrogen and oxygen atoms in total. The predicted octanol–water partition coefficient (Wildman–Crippen LogP) is 1.76. The third-order valence-corrected chi connectivity index (χ3v) is 1.74. The average Bonchev–Trinajstić information content (AvgIpc) is 2.09. The molecule has 0 amide bonds. The minimum atomic E-state index is -1.08. The number of pyridine rings is 1. The summed E-state index contributed by atoms with van der Waals surface area (Å²) >= 11 is 5.47. The molecule has 0 bridgehead atoms. The Kier molecular flexibility index (Phi) is 3.24. The molecule has 0 saturated carbocycles. The van der Waals surface area contributed by atoms with E-state index in [0.29, 0.717) is 0 Å². The summed E-state index contributed by atoms with van der Waals surface area (Å²) in [5.41, 5.74) is 0. The lowest BCUT2D eigenvalue weighted by Gasteiger charge is -2.10. The third kappa shape index (κ3) is 2.56. The first-order chi connectivity index (χ1) is 6.50. The van der Waals surface area contributed by atoms with Crippen LogP contribution in [0.15, 0.2) is 12.3 Å². The van der Waals surface area contributed by atoms with Crippen LogP contribution in [-0.4, -0.2) is 22.1 Å². The summed E-state index contributed by atoms with van der Waals surface area (Å²) in [4.78, 5) is 14.1. The smallest absolute Gasteiger partial charge is 0.325 e. The first kappa shape index (κ1) is 10.7. The van der Waals surface area contributed by atoms with Crippen LogP contribution in [0.5, 0.6) is 0 Å². The molecule has 1 unspecified atom stereocenters. The van der Waals surface area contributed by atoms with Gasteiger partial charge in [0.15, 0.2) is 11.6 Å². The summed E-state index contributed by atoms with van der Waals surface area (Å²) in [6.45, 7) is 1.39. The van der Waals surface area contributed by atoms with Crippen LogP contribution in [0.2, 0.25) is 5.02 Å². The third-order valence-electron chi connectivity index (χ3n) is 1.53. The number of hydrogen-bond donors (Lipinski definition) is 2. The lowest BCUT2D eigenvalue weighted by molar-refractivity contribution is -0.137. The molecule has 14 heavy (non-hydrogen) atoms. The molecule has 0 aromatic carbocycles. The number of nitrogens with zero attached hydrogens (tertiary/aromatic N) is 1. The lowest BCUT2D eigenvalue weighted by Crippen LogP contribution is -2.26. The maximum atomic E-state index is 13.1. The van der Waals surface area contributed by atoms with Crippen molar-refractivity contribution < 1.29 is 14.3 Å². The molecule has 0 aliphatic heterocycles. The van der Waals surface area contributed by atoms with Gasteiger partial charge >= 0.3 is 5.97 Å². The van der Waals surface area contributed by atoms with Crippen molar-refractivity contribution in [3.63, 3.8) is 0 Å². The van der Waals surface area contributed by atoms with Crippen LogP contribution in [0.1, 0.15) is 6.92 Å². The van der Waals surface area contributed by atoms with Gasteiger partial charge in [-0.15, -0.1) is 0 Å². The van der Waals surface area contributed by atoms with Crippen LogP contribution in [0, 0.1) is 5.82 Å². The molecule has 1 rings (SSSR count). The summed E-state index contributed by atoms with van der Waals surface area (Å²) in [5.74, 6) is -1.88. The van der Waals surface area contributed by atoms with Crippen molar-refractivity contribution in [2.45, 2.75) is 13.0 Å². The summed E-state index contributed by atoms with van der Waals surface area (Å²) in [7, 11) is 0. The van der Waals surface area contributed by atoms with Gasteiger partial charge in [-0.25, -0.2) is 9.37 Å². The van der Waals surface area contributed by atoms with E-state index in [1.165, 1.54) is 13.1 Å². The number of carboxylic acid groups (broad SMARTS) is 1. The first-order valence-electron chi connectivity index (χ1n) is 3.81. The Bertz CT molecular complexity index is 359. The largest absolute Gasteiger partial charge is 0.480 e. The normalized spacial score (nSPS) is 12.2. The van der Waals surface area contributed by atoms with Crippen LogP contribution >= 0.6 is 11.6 Å². The number of hydrogen-bond acceptors (Lipinski definition) is 3. The van der Waals surface area contributed by atoms with Gasteiger partial charge in [-0.2, -0.15) is 0 Å². The molecular weight excluding hydrogens is 211 g/mol. The molecule has 0 saturated heterocycles. The monoisotopic (exact) mass is 218 g/mol. The van der Waals surface area contributed by atoms with Crippen molar-refractivity contribution in [2.24, 2.45) is 0 Å². The van der Waals surface area contributed by atoms with Crippen molar-refractivity contribution >= 4 is 23.4 Å². The van der Waals surface area contributed by atoms with Gasteiger partial charge in [0.1, 0.15) is 6.04 Å². The molecule has 0 spiro atoms. The van der Waals surface area contributed by atoms with E-state index >= 15 is 0 Å². The van der Waals surface area contributed by atoms with Crippen molar-refractivity contribution in [3.05, 3.63) is 23.1 Å². The number of carboxylic acids is 1. The van der Waals surface area contributed by atoms with Crippen LogP contribution in [-0.2, 0) is 4.79 Å². The fourth-order valence-corrected chi connectivity index (χ4v) is 0.932. The molecule has 2 N–H and O–H groups in total. The van der Waals surface area contributed by atoms with Gasteiger partial charge in [0.25, 0.3) is 0 Å². The van der Waals surface area contributed by atoms with Gasteiger partial charge < -0.3 is 10.4 Å². The Morgan fingerprint density at radius 1 is 1.79 bits per heavy atom. The topological polar surface area (TPSA) is 62.2 Å². The fourth-order valence-electron chi connectivity index (χ4n) is 0.788. The molecular formula is C8H8ClFN2O2. The number of carbonyl (C=O) groups is 1. The number of anilines is 1. The molecule has 0 aliphatic rings. The number of nitrogens with one attached hydrogen (secondary N) is 1. The van der Waals surface area contributed by atoms with Gasteiger partial charge in [0, 0.05) is 6.20 Å². The maximum absolute atomic E-state index is 13.1. The highest BCUT2D eigenvalue weighted by Crippen LogP contribution is 2.15. The number of rotatable bonds is 3. The average molecular weight is 219 g/mol. The van der Waals surface area contributed by atoms with E-state index in [0.717, 1.165) is 6.07 Å². The molecule has 76 valence electrons. The quantitative estimate of drug-likeness (QED) is 0.812. The zero-order valence-electron chi connectivity index (χ0n) is 7.29. The fraction of sp³-hybridized carbons (Fsp3) is 0.250. The summed E-state index contributed by atoms with van der Waals surface area (Å²) in [6.07, 6.45) is 1.24. The van der Waals surface area contributed by atoms with E-state index in [9.17, 15) is 9.18 Å². The standard InChI is InChI=1S/C8H8ClFN2O2/c1-4(8(13)14)12-7-6(10)2-5(9)3-11-7/h2-4H,1H3,(H,11,12)(H,13,14). The number of halogens is 2. The number of aliphatic carboxylic acids is 1. The molecule has 0 aliphatic carbocycles. The van der Waals surface area contributed by atoms with Crippen LogP contribution in [0.4, 0.5) is 10.2 Å². The maximum Gasteiger partial charge on any atom is 0.325 e. The minimum Gasteiger partial charge on any atom is -0.480 e. The predicted molar refractivity (Wildman–Crippen MR) is 49.9 cm³/mol. The van der Waals surface area contributed by atoms with E-state index in [2.05, 4.69) is 10.3 Å². The second kappa shape index (κ2) is 4.23. The van der Waals surface area contributed by atoms with Gasteiger partial charge in [-0.05, 0) is 13.0 Å². The molecule has 0 radical (unpaired) electrons. The molecule has 1 aromatic rings. The van der Waals surface area contributed by atoms with E-state index in [4.69, 9.17) is 16.7 Å². The Morgan fingerprint density at radius 2 is 2.43 bits per heavy atom. The Morgan fingerprint density at radius 3 is 2.93 bits per heavy atom. The Labute approximate surface area is 84.7 Å². The summed E-state index contributed by atoms with van der Waals surface area (Å²) in [6, 6.07) is 0.157. The highest BCUT2D eigenvalue weighted by atomic mass is 35.5. The van der Waals surface area contributed by atoms with E-state index < -0.39 is 17.8 Å². The summed E-state index contributed by atoms with van der Waals surface area (Å²) in [5, 5.41) is 11.1. The van der Waals surface area contributed by atoms with Crippen LogP contribution < -0.4 is 5.32 Å². The Balaban J connectivity index is 2.82. The lowest BCUT2D eigenvalue weighted by atomic mass is 10.3. The van der Waals surface area contributed by atoms with Crippen molar-refractivity contribution in [1.82, 2.24) is 4.98 Å². The molecule has 1 aromatic heterocycles. The highest BCUT2D eigenvalue weighted by molar-refractivity contribution is 6.30. The van der Waals surface area contributed by atoms with Gasteiger partial charge in [-0.1, -0.05) is 11.6 Å². The van der Waals surface area contributed by atoms with Crippen molar-refractivity contribution in [3.8, 4) is 0 Å². The molecule has 6 heteroatoms. The zero-order chi connectivity index (χ0) is 10.7. The Hall–Kier alpha value is -1.36. The van der Waals surface area contributed by atoms with Gasteiger partial charge in [0.2, 0.25) is 0 Å². The van der Waals surface area contributed by atoms with E-state index in [-0.39, 0.29) is 10.8 Å². The highest BCUT2D eigenvalue weighted by Gasteiger charge is 2.13. The number of aromatic nitrogens is 1. The molecule has 1 atom stereocenters. The minimum absolute atomic E-state index is 0.121. The second-order valence-corrected chi connectivity index (χ2v) is 3.12.